The summed E-state index contributed by atoms with van der Waals surface area (Å²) < 4.78 is 0. The van der Waals surface area contributed by atoms with Gasteiger partial charge in [-0.15, -0.1) is 11.8 Å². The molecule has 1 saturated carbocycles. The van der Waals surface area contributed by atoms with Gasteiger partial charge in [-0.25, -0.2) is 0 Å². The van der Waals surface area contributed by atoms with Crippen molar-refractivity contribution in [3.63, 3.8) is 0 Å². The van der Waals surface area contributed by atoms with Crippen LogP contribution in [0.1, 0.15) is 36.0 Å². The second kappa shape index (κ2) is 8.44. The van der Waals surface area contributed by atoms with Crippen LogP contribution in [0, 0.1) is 11.8 Å². The number of hydrogen-bond donors (Lipinski definition) is 1. The highest BCUT2D eigenvalue weighted by molar-refractivity contribution is 9.09. The van der Waals surface area contributed by atoms with Gasteiger partial charge in [-0.05, 0) is 49.1 Å². The smallest absolute Gasteiger partial charge is 0.252 e. The average Bonchev–Trinajstić information content (AvgIpc) is 2.53. The molecule has 2 atom stereocenters. The highest BCUT2D eigenvalue weighted by atomic mass is 79.9. The molecule has 0 aliphatic heterocycles. The van der Waals surface area contributed by atoms with Gasteiger partial charge in [0.15, 0.2) is 0 Å². The molecule has 2 unspecified atom stereocenters. The maximum absolute atomic E-state index is 12.4. The summed E-state index contributed by atoms with van der Waals surface area (Å²) in [7, 11) is 0. The summed E-state index contributed by atoms with van der Waals surface area (Å²) in [4.78, 5) is 13.4. The van der Waals surface area contributed by atoms with Crippen molar-refractivity contribution in [2.75, 3.05) is 18.1 Å². The SMILES string of the molecule is CSc1ccc(Cl)c(C(=O)NCC2CCCCC2CBr)c1. The van der Waals surface area contributed by atoms with Gasteiger partial charge >= 0.3 is 0 Å². The molecule has 1 aliphatic carbocycles. The summed E-state index contributed by atoms with van der Waals surface area (Å²) >= 11 is 11.4. The molecule has 1 aromatic carbocycles. The predicted molar refractivity (Wildman–Crippen MR) is 94.8 cm³/mol. The Bertz CT molecular complexity index is 497. The largest absolute Gasteiger partial charge is 0.352 e. The minimum atomic E-state index is -0.0604. The molecule has 116 valence electrons. The predicted octanol–water partition coefficient (Wildman–Crippen LogP) is 4.99. The zero-order valence-corrected chi connectivity index (χ0v) is 15.4. The summed E-state index contributed by atoms with van der Waals surface area (Å²) in [5.41, 5.74) is 0.578. The van der Waals surface area contributed by atoms with Crippen molar-refractivity contribution >= 4 is 45.2 Å². The normalized spacial score (nSPS) is 22.0. The Balaban J connectivity index is 1.98. The van der Waals surface area contributed by atoms with Crippen molar-refractivity contribution in [2.45, 2.75) is 30.6 Å². The number of rotatable bonds is 5. The molecule has 2 rings (SSSR count). The van der Waals surface area contributed by atoms with Gasteiger partial charge in [0, 0.05) is 16.8 Å². The minimum Gasteiger partial charge on any atom is -0.352 e. The molecule has 0 saturated heterocycles. The molecule has 5 heteroatoms. The van der Waals surface area contributed by atoms with Crippen LogP contribution in [0.25, 0.3) is 0 Å². The van der Waals surface area contributed by atoms with E-state index in [-0.39, 0.29) is 5.91 Å². The standard InChI is InChI=1S/C16H21BrClNOS/c1-21-13-6-7-15(18)14(8-13)16(20)19-10-12-5-3-2-4-11(12)9-17/h6-8,11-12H,2-5,9-10H2,1H3,(H,19,20). The molecule has 1 N–H and O–H groups in total. The molecule has 1 amide bonds. The van der Waals surface area contributed by atoms with Crippen LogP contribution in [0.3, 0.4) is 0 Å². The fourth-order valence-corrected chi connectivity index (χ4v) is 4.38. The summed E-state index contributed by atoms with van der Waals surface area (Å²) in [6, 6.07) is 5.60. The fourth-order valence-electron chi connectivity index (χ4n) is 2.88. The van der Waals surface area contributed by atoms with E-state index in [1.165, 1.54) is 25.7 Å². The van der Waals surface area contributed by atoms with E-state index in [9.17, 15) is 4.79 Å². The lowest BCUT2D eigenvalue weighted by atomic mass is 9.80. The molecule has 1 fully saturated rings. The highest BCUT2D eigenvalue weighted by Crippen LogP contribution is 2.31. The lowest BCUT2D eigenvalue weighted by Crippen LogP contribution is -2.35. The van der Waals surface area contributed by atoms with Gasteiger partial charge < -0.3 is 5.32 Å². The van der Waals surface area contributed by atoms with Gasteiger partial charge in [0.1, 0.15) is 0 Å². The van der Waals surface area contributed by atoms with Gasteiger partial charge in [-0.1, -0.05) is 40.4 Å². The van der Waals surface area contributed by atoms with E-state index in [0.29, 0.717) is 22.4 Å². The van der Waals surface area contributed by atoms with Crippen LogP contribution in [-0.4, -0.2) is 24.0 Å². The second-order valence-electron chi connectivity index (χ2n) is 5.51. The lowest BCUT2D eigenvalue weighted by molar-refractivity contribution is 0.0937. The zero-order valence-electron chi connectivity index (χ0n) is 12.2. The van der Waals surface area contributed by atoms with Crippen LogP contribution in [0.5, 0.6) is 0 Å². The number of carbonyl (C=O) groups excluding carboxylic acids is 1. The number of alkyl halides is 1. The van der Waals surface area contributed by atoms with Crippen LogP contribution in [0.4, 0.5) is 0 Å². The van der Waals surface area contributed by atoms with Crippen molar-refractivity contribution in [2.24, 2.45) is 11.8 Å². The summed E-state index contributed by atoms with van der Waals surface area (Å²) in [6.45, 7) is 0.745. The lowest BCUT2D eigenvalue weighted by Gasteiger charge is -2.30. The van der Waals surface area contributed by atoms with Crippen LogP contribution in [0.15, 0.2) is 23.1 Å². The Morgan fingerprint density at radius 1 is 1.38 bits per heavy atom. The number of nitrogens with one attached hydrogen (secondary N) is 1. The van der Waals surface area contributed by atoms with Crippen molar-refractivity contribution in [1.29, 1.82) is 0 Å². The first-order valence-corrected chi connectivity index (χ1v) is 10.1. The van der Waals surface area contributed by atoms with Gasteiger partial charge in [0.25, 0.3) is 5.91 Å². The molecule has 0 radical (unpaired) electrons. The Morgan fingerprint density at radius 2 is 2.10 bits per heavy atom. The average molecular weight is 391 g/mol. The molecule has 21 heavy (non-hydrogen) atoms. The molecular weight excluding hydrogens is 370 g/mol. The van der Waals surface area contributed by atoms with E-state index in [1.807, 2.05) is 18.4 Å². The minimum absolute atomic E-state index is 0.0604. The van der Waals surface area contributed by atoms with Crippen molar-refractivity contribution < 1.29 is 4.79 Å². The van der Waals surface area contributed by atoms with Gasteiger partial charge in [-0.3, -0.25) is 4.79 Å². The molecule has 0 heterocycles. The van der Waals surface area contributed by atoms with Crippen LogP contribution >= 0.6 is 39.3 Å². The first kappa shape index (κ1) is 17.2. The molecule has 0 aromatic heterocycles. The molecule has 1 aliphatic rings. The van der Waals surface area contributed by atoms with E-state index < -0.39 is 0 Å². The number of thioether (sulfide) groups is 1. The molecule has 2 nitrogen and oxygen atoms in total. The van der Waals surface area contributed by atoms with Gasteiger partial charge in [-0.2, -0.15) is 0 Å². The molecular formula is C16H21BrClNOS. The third kappa shape index (κ3) is 4.64. The maximum Gasteiger partial charge on any atom is 0.252 e. The third-order valence-electron chi connectivity index (χ3n) is 4.21. The quantitative estimate of drug-likeness (QED) is 0.566. The maximum atomic E-state index is 12.4. The fraction of sp³-hybridized carbons (Fsp3) is 0.562. The van der Waals surface area contributed by atoms with E-state index in [4.69, 9.17) is 11.6 Å². The van der Waals surface area contributed by atoms with E-state index in [1.54, 1.807) is 17.8 Å². The summed E-state index contributed by atoms with van der Waals surface area (Å²) in [5.74, 6) is 1.19. The first-order valence-electron chi connectivity index (χ1n) is 7.33. The van der Waals surface area contributed by atoms with Crippen LogP contribution in [0.2, 0.25) is 5.02 Å². The number of halogens is 2. The van der Waals surface area contributed by atoms with Crippen molar-refractivity contribution in [1.82, 2.24) is 5.32 Å². The van der Waals surface area contributed by atoms with Crippen LogP contribution in [-0.2, 0) is 0 Å². The summed E-state index contributed by atoms with van der Waals surface area (Å²) in [5, 5.41) is 4.62. The number of amides is 1. The van der Waals surface area contributed by atoms with E-state index in [2.05, 4.69) is 21.2 Å². The molecule has 0 bridgehead atoms. The number of benzene rings is 1. The monoisotopic (exact) mass is 389 g/mol. The van der Waals surface area contributed by atoms with E-state index in [0.717, 1.165) is 16.8 Å². The second-order valence-corrected chi connectivity index (χ2v) is 7.45. The molecule has 0 spiro atoms. The van der Waals surface area contributed by atoms with Crippen LogP contribution < -0.4 is 5.32 Å². The Morgan fingerprint density at radius 3 is 2.76 bits per heavy atom. The van der Waals surface area contributed by atoms with Crippen molar-refractivity contribution in [3.8, 4) is 0 Å². The van der Waals surface area contributed by atoms with Gasteiger partial charge in [0.05, 0.1) is 10.6 Å². The zero-order chi connectivity index (χ0) is 15.2. The van der Waals surface area contributed by atoms with Gasteiger partial charge in [0.2, 0.25) is 0 Å². The van der Waals surface area contributed by atoms with Crippen molar-refractivity contribution in [3.05, 3.63) is 28.8 Å². The Kier molecular flexibility index (Phi) is 6.90. The number of carbonyl (C=O) groups is 1. The third-order valence-corrected chi connectivity index (χ3v) is 6.09. The Labute approximate surface area is 144 Å². The molecule has 1 aromatic rings. The van der Waals surface area contributed by atoms with E-state index >= 15 is 0 Å². The topological polar surface area (TPSA) is 29.1 Å². The highest BCUT2D eigenvalue weighted by Gasteiger charge is 2.24. The number of hydrogen-bond acceptors (Lipinski definition) is 2. The summed E-state index contributed by atoms with van der Waals surface area (Å²) in [6.07, 6.45) is 7.03. The Hall–Kier alpha value is -0.190. The first-order chi connectivity index (χ1) is 10.2.